The van der Waals surface area contributed by atoms with Crippen molar-refractivity contribution in [3.05, 3.63) is 53.9 Å². The molecule has 1 fully saturated rings. The molecular formula is C22H35N7. The molecule has 1 atom stereocenters. The SMILES string of the molecule is CN=C(NCC(c1cnn(C)c1)N(C)C)NC1CCN(Cc2ccccc2)CC1. The Hall–Kier alpha value is -2.38. The predicted octanol–water partition coefficient (Wildman–Crippen LogP) is 1.85. The van der Waals surface area contributed by atoms with Crippen LogP contribution in [0.25, 0.3) is 0 Å². The van der Waals surface area contributed by atoms with Crippen LogP contribution in [0.15, 0.2) is 47.7 Å². The zero-order valence-electron chi connectivity index (χ0n) is 18.2. The lowest BCUT2D eigenvalue weighted by atomic mass is 10.0. The van der Waals surface area contributed by atoms with Gasteiger partial charge in [-0.1, -0.05) is 30.3 Å². The van der Waals surface area contributed by atoms with E-state index < -0.39 is 0 Å². The Bertz CT molecular complexity index is 760. The van der Waals surface area contributed by atoms with Gasteiger partial charge in [-0.2, -0.15) is 5.10 Å². The van der Waals surface area contributed by atoms with Gasteiger partial charge in [0.25, 0.3) is 0 Å². The molecule has 2 heterocycles. The molecule has 0 amide bonds. The first-order valence-electron chi connectivity index (χ1n) is 10.4. The summed E-state index contributed by atoms with van der Waals surface area (Å²) in [7, 11) is 7.99. The van der Waals surface area contributed by atoms with Gasteiger partial charge in [-0.15, -0.1) is 0 Å². The molecule has 0 saturated carbocycles. The molecule has 1 aliphatic heterocycles. The lowest BCUT2D eigenvalue weighted by Crippen LogP contribution is -2.49. The summed E-state index contributed by atoms with van der Waals surface area (Å²) in [6.45, 7) is 4.04. The molecule has 158 valence electrons. The van der Waals surface area contributed by atoms with E-state index in [1.54, 1.807) is 0 Å². The van der Waals surface area contributed by atoms with Crippen molar-refractivity contribution in [1.29, 1.82) is 0 Å². The van der Waals surface area contributed by atoms with Crippen molar-refractivity contribution in [3.8, 4) is 0 Å². The monoisotopic (exact) mass is 397 g/mol. The second-order valence-corrected chi connectivity index (χ2v) is 8.06. The van der Waals surface area contributed by atoms with Crippen LogP contribution in [0.3, 0.4) is 0 Å². The number of hydrogen-bond acceptors (Lipinski definition) is 4. The van der Waals surface area contributed by atoms with Crippen LogP contribution in [-0.2, 0) is 13.6 Å². The normalized spacial score (nSPS) is 17.5. The molecule has 1 aromatic heterocycles. The van der Waals surface area contributed by atoms with Crippen LogP contribution in [0.2, 0.25) is 0 Å². The molecule has 0 aliphatic carbocycles. The number of aromatic nitrogens is 2. The first kappa shape index (κ1) is 21.3. The van der Waals surface area contributed by atoms with Crippen molar-refractivity contribution in [2.24, 2.45) is 12.0 Å². The standard InChI is InChI=1S/C22H35N7/c1-23-22(24-15-21(27(2)3)19-14-25-28(4)17-19)26-20-10-12-29(13-11-20)16-18-8-6-5-7-9-18/h5-9,14,17,20-21H,10-13,15-16H2,1-4H3,(H2,23,24,26). The van der Waals surface area contributed by atoms with Gasteiger partial charge in [0.1, 0.15) is 0 Å². The van der Waals surface area contributed by atoms with Crippen LogP contribution in [0.4, 0.5) is 0 Å². The van der Waals surface area contributed by atoms with Crippen LogP contribution in [-0.4, -0.2) is 72.4 Å². The maximum absolute atomic E-state index is 4.44. The largest absolute Gasteiger partial charge is 0.354 e. The smallest absolute Gasteiger partial charge is 0.191 e. The summed E-state index contributed by atoms with van der Waals surface area (Å²) in [5, 5.41) is 11.4. The van der Waals surface area contributed by atoms with Gasteiger partial charge in [-0.3, -0.25) is 14.6 Å². The van der Waals surface area contributed by atoms with Crippen molar-refractivity contribution in [1.82, 2.24) is 30.2 Å². The van der Waals surface area contributed by atoms with Crippen molar-refractivity contribution in [3.63, 3.8) is 0 Å². The van der Waals surface area contributed by atoms with Crippen LogP contribution < -0.4 is 10.6 Å². The Balaban J connectivity index is 1.45. The van der Waals surface area contributed by atoms with E-state index in [9.17, 15) is 0 Å². The summed E-state index contributed by atoms with van der Waals surface area (Å²) in [5.74, 6) is 0.877. The second-order valence-electron chi connectivity index (χ2n) is 8.06. The Kier molecular flexibility index (Phi) is 7.66. The molecule has 0 bridgehead atoms. The van der Waals surface area contributed by atoms with Crippen molar-refractivity contribution >= 4 is 5.96 Å². The molecule has 1 saturated heterocycles. The predicted molar refractivity (Wildman–Crippen MR) is 119 cm³/mol. The number of likely N-dealkylation sites (N-methyl/N-ethyl adjacent to an activating group) is 1. The van der Waals surface area contributed by atoms with Crippen molar-refractivity contribution in [2.75, 3.05) is 40.8 Å². The minimum Gasteiger partial charge on any atom is -0.354 e. The van der Waals surface area contributed by atoms with Gasteiger partial charge >= 0.3 is 0 Å². The van der Waals surface area contributed by atoms with Gasteiger partial charge in [0.15, 0.2) is 5.96 Å². The highest BCUT2D eigenvalue weighted by molar-refractivity contribution is 5.80. The van der Waals surface area contributed by atoms with Gasteiger partial charge in [0, 0.05) is 58.1 Å². The van der Waals surface area contributed by atoms with Crippen LogP contribution in [0.5, 0.6) is 0 Å². The molecule has 1 aliphatic rings. The number of guanidine groups is 1. The summed E-state index contributed by atoms with van der Waals surface area (Å²) in [5.41, 5.74) is 2.59. The third-order valence-electron chi connectivity index (χ3n) is 5.60. The van der Waals surface area contributed by atoms with Gasteiger partial charge < -0.3 is 15.5 Å². The summed E-state index contributed by atoms with van der Waals surface area (Å²) in [4.78, 5) is 9.18. The van der Waals surface area contributed by atoms with Gasteiger partial charge in [0.05, 0.1) is 12.2 Å². The van der Waals surface area contributed by atoms with Gasteiger partial charge in [-0.05, 0) is 32.5 Å². The first-order valence-corrected chi connectivity index (χ1v) is 10.4. The quantitative estimate of drug-likeness (QED) is 0.552. The fourth-order valence-corrected chi connectivity index (χ4v) is 3.87. The summed E-state index contributed by atoms with van der Waals surface area (Å²) < 4.78 is 1.85. The van der Waals surface area contributed by atoms with Gasteiger partial charge in [-0.25, -0.2) is 0 Å². The third-order valence-corrected chi connectivity index (χ3v) is 5.60. The lowest BCUT2D eigenvalue weighted by molar-refractivity contribution is 0.198. The average molecular weight is 398 g/mol. The van der Waals surface area contributed by atoms with Crippen molar-refractivity contribution in [2.45, 2.75) is 31.5 Å². The Morgan fingerprint density at radius 2 is 1.97 bits per heavy atom. The minimum atomic E-state index is 0.245. The van der Waals surface area contributed by atoms with E-state index in [0.717, 1.165) is 45.0 Å². The highest BCUT2D eigenvalue weighted by atomic mass is 15.3. The molecule has 0 radical (unpaired) electrons. The summed E-state index contributed by atoms with van der Waals surface area (Å²) in [6, 6.07) is 11.4. The molecule has 7 nitrogen and oxygen atoms in total. The number of nitrogens with zero attached hydrogens (tertiary/aromatic N) is 5. The van der Waals surface area contributed by atoms with Crippen LogP contribution in [0, 0.1) is 0 Å². The zero-order chi connectivity index (χ0) is 20.6. The topological polar surface area (TPSA) is 60.7 Å². The number of nitrogens with one attached hydrogen (secondary N) is 2. The molecule has 29 heavy (non-hydrogen) atoms. The van der Waals surface area contributed by atoms with E-state index in [4.69, 9.17) is 0 Å². The molecule has 2 N–H and O–H groups in total. The van der Waals surface area contributed by atoms with Gasteiger partial charge in [0.2, 0.25) is 0 Å². The molecule has 0 spiro atoms. The highest BCUT2D eigenvalue weighted by Gasteiger charge is 2.21. The van der Waals surface area contributed by atoms with E-state index in [0.29, 0.717) is 6.04 Å². The van der Waals surface area contributed by atoms with E-state index >= 15 is 0 Å². The molecule has 3 rings (SSSR count). The molecule has 1 unspecified atom stereocenters. The van der Waals surface area contributed by atoms with E-state index in [1.807, 2.05) is 25.0 Å². The maximum Gasteiger partial charge on any atom is 0.191 e. The molecule has 1 aromatic carbocycles. The van der Waals surface area contributed by atoms with E-state index in [2.05, 4.69) is 81.1 Å². The molecular weight excluding hydrogens is 362 g/mol. The first-order chi connectivity index (χ1) is 14.0. The number of piperidine rings is 1. The maximum atomic E-state index is 4.44. The Morgan fingerprint density at radius 1 is 1.24 bits per heavy atom. The summed E-state index contributed by atoms with van der Waals surface area (Å²) in [6.07, 6.45) is 6.27. The number of likely N-dealkylation sites (tertiary alicyclic amines) is 1. The number of hydrogen-bond donors (Lipinski definition) is 2. The average Bonchev–Trinajstić information content (AvgIpc) is 3.15. The molecule has 7 heteroatoms. The lowest BCUT2D eigenvalue weighted by Gasteiger charge is -2.33. The third kappa shape index (κ3) is 6.30. The number of aliphatic imine (C=N–C) groups is 1. The number of aryl methyl sites for hydroxylation is 1. The number of benzene rings is 1. The Labute approximate surface area is 174 Å². The fraction of sp³-hybridized carbons (Fsp3) is 0.545. The highest BCUT2D eigenvalue weighted by Crippen LogP contribution is 2.17. The fourth-order valence-electron chi connectivity index (χ4n) is 3.87. The van der Waals surface area contributed by atoms with E-state index in [1.165, 1.54) is 11.1 Å². The number of rotatable bonds is 7. The Morgan fingerprint density at radius 3 is 2.55 bits per heavy atom. The minimum absolute atomic E-state index is 0.245. The second kappa shape index (κ2) is 10.4. The molecule has 2 aromatic rings. The van der Waals surface area contributed by atoms with E-state index in [-0.39, 0.29) is 6.04 Å². The summed E-state index contributed by atoms with van der Waals surface area (Å²) >= 11 is 0. The van der Waals surface area contributed by atoms with Crippen molar-refractivity contribution < 1.29 is 0 Å². The van der Waals surface area contributed by atoms with Crippen LogP contribution in [0.1, 0.15) is 30.0 Å². The van der Waals surface area contributed by atoms with Crippen LogP contribution >= 0.6 is 0 Å². The zero-order valence-corrected chi connectivity index (χ0v) is 18.2.